The van der Waals surface area contributed by atoms with Crippen LogP contribution in [0.25, 0.3) is 0 Å². The van der Waals surface area contributed by atoms with Gasteiger partial charge in [-0.2, -0.15) is 0 Å². The van der Waals surface area contributed by atoms with E-state index in [9.17, 15) is 0 Å². The molecule has 4 heteroatoms. The fourth-order valence-electron chi connectivity index (χ4n) is 1.32. The lowest BCUT2D eigenvalue weighted by Crippen LogP contribution is -2.22. The molecule has 15 heavy (non-hydrogen) atoms. The molecule has 0 amide bonds. The minimum atomic E-state index is -0.356. The molecule has 1 aromatic heterocycles. The molecule has 0 aromatic carbocycles. The summed E-state index contributed by atoms with van der Waals surface area (Å²) in [4.78, 5) is 4.23. The second kappa shape index (κ2) is 5.28. The van der Waals surface area contributed by atoms with Crippen LogP contribution in [0.3, 0.4) is 0 Å². The fourth-order valence-corrected chi connectivity index (χ4v) is 1.32. The number of likely N-dealkylation sites (N-methyl/N-ethyl adjacent to an activating group) is 1. The van der Waals surface area contributed by atoms with Gasteiger partial charge in [-0.05, 0) is 20.4 Å². The lowest BCUT2D eigenvalue weighted by atomic mass is 10.0. The molecule has 0 fully saturated rings. The predicted octanol–water partition coefficient (Wildman–Crippen LogP) is 1.71. The Bertz CT molecular complexity index is 293. The van der Waals surface area contributed by atoms with Gasteiger partial charge in [-0.15, -0.1) is 0 Å². The maximum Gasteiger partial charge on any atom is 0.195 e. The van der Waals surface area contributed by atoms with E-state index in [1.807, 2.05) is 14.0 Å². The molecule has 0 saturated carbocycles. The molecule has 1 N–H and O–H groups in total. The van der Waals surface area contributed by atoms with Gasteiger partial charge in [-0.3, -0.25) is 0 Å². The molecule has 1 aromatic rings. The van der Waals surface area contributed by atoms with Crippen molar-refractivity contribution in [2.75, 3.05) is 20.7 Å². The summed E-state index contributed by atoms with van der Waals surface area (Å²) in [6, 6.07) is 0. The summed E-state index contributed by atoms with van der Waals surface area (Å²) >= 11 is 0. The Kier molecular flexibility index (Phi) is 4.29. The normalized spacial score (nSPS) is 15.2. The van der Waals surface area contributed by atoms with Crippen LogP contribution in [0.5, 0.6) is 0 Å². The molecule has 0 aliphatic rings. The van der Waals surface area contributed by atoms with Gasteiger partial charge < -0.3 is 14.5 Å². The van der Waals surface area contributed by atoms with Crippen LogP contribution in [0.1, 0.15) is 31.9 Å². The van der Waals surface area contributed by atoms with Crippen LogP contribution >= 0.6 is 0 Å². The first-order valence-electron chi connectivity index (χ1n) is 5.31. The number of hydrogen-bond donors (Lipinski definition) is 1. The van der Waals surface area contributed by atoms with Gasteiger partial charge in [0.15, 0.2) is 11.7 Å². The van der Waals surface area contributed by atoms with Crippen molar-refractivity contribution in [1.29, 1.82) is 0 Å². The summed E-state index contributed by atoms with van der Waals surface area (Å²) < 4.78 is 11.1. The van der Waals surface area contributed by atoms with Gasteiger partial charge in [-0.1, -0.05) is 6.92 Å². The molecule has 86 valence electrons. The highest BCUT2D eigenvalue weighted by Crippen LogP contribution is 2.28. The number of methoxy groups -OCH3 is 1. The zero-order valence-corrected chi connectivity index (χ0v) is 9.96. The van der Waals surface area contributed by atoms with Gasteiger partial charge in [0.1, 0.15) is 5.60 Å². The number of hydrogen-bond acceptors (Lipinski definition) is 4. The van der Waals surface area contributed by atoms with Crippen LogP contribution in [0.2, 0.25) is 0 Å². The van der Waals surface area contributed by atoms with Gasteiger partial charge in [0.05, 0.1) is 6.20 Å². The first-order chi connectivity index (χ1) is 7.16. The lowest BCUT2D eigenvalue weighted by Gasteiger charge is -2.23. The standard InChI is InChI=1S/C11H20N2O2/c1-5-11(2,14-4)9-8-13-10(15-9)6-7-12-3/h8,12H,5-7H2,1-4H3. The van der Waals surface area contributed by atoms with E-state index in [0.717, 1.165) is 31.0 Å². The Hall–Kier alpha value is -0.870. The third-order valence-electron chi connectivity index (χ3n) is 2.79. The highest BCUT2D eigenvalue weighted by molar-refractivity contribution is 5.05. The Morgan fingerprint density at radius 1 is 1.60 bits per heavy atom. The summed E-state index contributed by atoms with van der Waals surface area (Å²) in [7, 11) is 3.61. The molecule has 1 heterocycles. The molecule has 0 bridgehead atoms. The van der Waals surface area contributed by atoms with Crippen molar-refractivity contribution in [1.82, 2.24) is 10.3 Å². The molecule has 0 spiro atoms. The summed E-state index contributed by atoms with van der Waals surface area (Å²) in [5, 5.41) is 3.06. The van der Waals surface area contributed by atoms with Crippen LogP contribution in [0.15, 0.2) is 10.6 Å². The number of oxazole rings is 1. The Balaban J connectivity index is 2.74. The smallest absolute Gasteiger partial charge is 0.195 e. The van der Waals surface area contributed by atoms with Crippen molar-refractivity contribution in [3.8, 4) is 0 Å². The third kappa shape index (κ3) is 2.79. The molecule has 1 atom stereocenters. The van der Waals surface area contributed by atoms with Crippen molar-refractivity contribution < 1.29 is 9.15 Å². The minimum Gasteiger partial charge on any atom is -0.443 e. The van der Waals surface area contributed by atoms with Crippen LogP contribution < -0.4 is 5.32 Å². The van der Waals surface area contributed by atoms with E-state index >= 15 is 0 Å². The number of nitrogens with zero attached hydrogens (tertiary/aromatic N) is 1. The summed E-state index contributed by atoms with van der Waals surface area (Å²) in [5.74, 6) is 1.56. The van der Waals surface area contributed by atoms with Crippen LogP contribution in [-0.4, -0.2) is 25.7 Å². The van der Waals surface area contributed by atoms with Gasteiger partial charge in [0.25, 0.3) is 0 Å². The Morgan fingerprint density at radius 2 is 2.33 bits per heavy atom. The van der Waals surface area contributed by atoms with E-state index in [0.29, 0.717) is 0 Å². The average molecular weight is 212 g/mol. The van der Waals surface area contributed by atoms with Crippen molar-refractivity contribution in [3.05, 3.63) is 17.8 Å². The molecular weight excluding hydrogens is 192 g/mol. The number of nitrogens with one attached hydrogen (secondary N) is 1. The molecule has 0 saturated heterocycles. The van der Waals surface area contributed by atoms with E-state index in [-0.39, 0.29) is 5.60 Å². The SMILES string of the molecule is CCC(C)(OC)c1cnc(CCNC)o1. The third-order valence-corrected chi connectivity index (χ3v) is 2.79. The van der Waals surface area contributed by atoms with Crippen molar-refractivity contribution in [3.63, 3.8) is 0 Å². The number of rotatable bonds is 6. The first-order valence-corrected chi connectivity index (χ1v) is 5.31. The summed E-state index contributed by atoms with van der Waals surface area (Å²) in [5.41, 5.74) is -0.356. The second-order valence-corrected chi connectivity index (χ2v) is 3.76. The maximum absolute atomic E-state index is 5.66. The van der Waals surface area contributed by atoms with E-state index in [2.05, 4.69) is 17.2 Å². The molecule has 1 unspecified atom stereocenters. The van der Waals surface area contributed by atoms with Crippen molar-refractivity contribution in [2.24, 2.45) is 0 Å². The zero-order chi connectivity index (χ0) is 11.3. The van der Waals surface area contributed by atoms with E-state index in [4.69, 9.17) is 9.15 Å². The highest BCUT2D eigenvalue weighted by Gasteiger charge is 2.28. The lowest BCUT2D eigenvalue weighted by molar-refractivity contribution is -0.0197. The van der Waals surface area contributed by atoms with Gasteiger partial charge in [-0.25, -0.2) is 4.98 Å². The predicted molar refractivity (Wildman–Crippen MR) is 58.8 cm³/mol. The first kappa shape index (κ1) is 12.2. The van der Waals surface area contributed by atoms with Gasteiger partial charge in [0, 0.05) is 20.1 Å². The van der Waals surface area contributed by atoms with E-state index in [1.165, 1.54) is 0 Å². The molecule has 4 nitrogen and oxygen atoms in total. The fraction of sp³-hybridized carbons (Fsp3) is 0.727. The van der Waals surface area contributed by atoms with Gasteiger partial charge >= 0.3 is 0 Å². The molecule has 0 radical (unpaired) electrons. The summed E-state index contributed by atoms with van der Waals surface area (Å²) in [6.07, 6.45) is 3.43. The van der Waals surface area contributed by atoms with Gasteiger partial charge in [0.2, 0.25) is 0 Å². The molecule has 1 rings (SSSR count). The molecule has 0 aliphatic carbocycles. The summed E-state index contributed by atoms with van der Waals surface area (Å²) in [6.45, 7) is 4.95. The topological polar surface area (TPSA) is 47.3 Å². The van der Waals surface area contributed by atoms with E-state index < -0.39 is 0 Å². The number of ether oxygens (including phenoxy) is 1. The highest BCUT2D eigenvalue weighted by atomic mass is 16.5. The zero-order valence-electron chi connectivity index (χ0n) is 9.96. The number of aromatic nitrogens is 1. The minimum absolute atomic E-state index is 0.356. The monoisotopic (exact) mass is 212 g/mol. The average Bonchev–Trinajstić information content (AvgIpc) is 2.74. The second-order valence-electron chi connectivity index (χ2n) is 3.76. The van der Waals surface area contributed by atoms with Crippen LogP contribution in [-0.2, 0) is 16.8 Å². The molecular formula is C11H20N2O2. The quantitative estimate of drug-likeness (QED) is 0.779. The maximum atomic E-state index is 5.66. The van der Waals surface area contributed by atoms with Crippen LogP contribution in [0.4, 0.5) is 0 Å². The van der Waals surface area contributed by atoms with Crippen LogP contribution in [0, 0.1) is 0 Å². The van der Waals surface area contributed by atoms with Crippen molar-refractivity contribution in [2.45, 2.75) is 32.3 Å². The Morgan fingerprint density at radius 3 is 2.87 bits per heavy atom. The Labute approximate surface area is 91.0 Å². The van der Waals surface area contributed by atoms with Crippen molar-refractivity contribution >= 4 is 0 Å². The molecule has 0 aliphatic heterocycles. The van der Waals surface area contributed by atoms with E-state index in [1.54, 1.807) is 13.3 Å². The largest absolute Gasteiger partial charge is 0.443 e.